The minimum Gasteiger partial charge on any atom is -0.378 e. The van der Waals surface area contributed by atoms with Crippen LogP contribution in [-0.2, 0) is 4.74 Å². The molecule has 0 spiro atoms. The van der Waals surface area contributed by atoms with E-state index < -0.39 is 0 Å². The molecule has 1 aliphatic rings. The summed E-state index contributed by atoms with van der Waals surface area (Å²) in [6, 6.07) is 0.420. The van der Waals surface area contributed by atoms with Crippen LogP contribution in [-0.4, -0.2) is 18.8 Å². The Morgan fingerprint density at radius 2 is 2.07 bits per heavy atom. The van der Waals surface area contributed by atoms with E-state index in [1.165, 1.54) is 32.1 Å². The molecule has 0 aliphatic carbocycles. The van der Waals surface area contributed by atoms with E-state index in [-0.39, 0.29) is 0 Å². The summed E-state index contributed by atoms with van der Waals surface area (Å²) in [6.07, 6.45) is 7.63. The summed E-state index contributed by atoms with van der Waals surface area (Å²) in [5.74, 6) is 6.32. The molecule has 1 saturated heterocycles. The number of nitrogens with two attached hydrogens (primary N) is 1. The Labute approximate surface area is 93.7 Å². The van der Waals surface area contributed by atoms with Gasteiger partial charge in [0.15, 0.2) is 0 Å². The number of hydrogen-bond acceptors (Lipinski definition) is 3. The van der Waals surface area contributed by atoms with Gasteiger partial charge in [-0.1, -0.05) is 26.7 Å². The van der Waals surface area contributed by atoms with E-state index >= 15 is 0 Å². The third kappa shape index (κ3) is 4.09. The maximum Gasteiger partial charge on any atom is 0.0590 e. The molecule has 0 saturated carbocycles. The summed E-state index contributed by atoms with van der Waals surface area (Å²) >= 11 is 0. The van der Waals surface area contributed by atoms with Crippen molar-refractivity contribution in [2.75, 3.05) is 6.61 Å². The quantitative estimate of drug-likeness (QED) is 0.526. The van der Waals surface area contributed by atoms with E-state index in [4.69, 9.17) is 10.6 Å². The Bertz CT molecular complexity index is 154. The van der Waals surface area contributed by atoms with Gasteiger partial charge < -0.3 is 4.74 Å². The van der Waals surface area contributed by atoms with Crippen LogP contribution in [0.1, 0.15) is 52.4 Å². The number of hydrogen-bond donors (Lipinski definition) is 2. The summed E-state index contributed by atoms with van der Waals surface area (Å²) < 4.78 is 5.75. The molecule has 2 atom stereocenters. The highest BCUT2D eigenvalue weighted by Crippen LogP contribution is 2.22. The first-order valence-electron chi connectivity index (χ1n) is 6.39. The van der Waals surface area contributed by atoms with Gasteiger partial charge in [-0.15, -0.1) is 0 Å². The first kappa shape index (κ1) is 12.9. The zero-order chi connectivity index (χ0) is 11.1. The molecule has 3 heteroatoms. The van der Waals surface area contributed by atoms with Gasteiger partial charge in [0.2, 0.25) is 0 Å². The van der Waals surface area contributed by atoms with Gasteiger partial charge in [0.25, 0.3) is 0 Å². The van der Waals surface area contributed by atoms with Gasteiger partial charge in [-0.05, 0) is 31.6 Å². The predicted molar refractivity (Wildman–Crippen MR) is 63.4 cm³/mol. The molecule has 0 aromatic heterocycles. The first-order valence-corrected chi connectivity index (χ1v) is 6.39. The highest BCUT2D eigenvalue weighted by atomic mass is 16.5. The topological polar surface area (TPSA) is 47.3 Å². The molecule has 90 valence electrons. The van der Waals surface area contributed by atoms with Crippen LogP contribution in [0.5, 0.6) is 0 Å². The minimum atomic E-state index is 0.420. The van der Waals surface area contributed by atoms with Crippen molar-refractivity contribution in [3.05, 3.63) is 0 Å². The predicted octanol–water partition coefficient (Wildman–Crippen LogP) is 2.21. The fourth-order valence-corrected chi connectivity index (χ4v) is 2.53. The second-order valence-electron chi connectivity index (χ2n) is 4.57. The van der Waals surface area contributed by atoms with Crippen molar-refractivity contribution < 1.29 is 4.74 Å². The monoisotopic (exact) mass is 214 g/mol. The van der Waals surface area contributed by atoms with Crippen LogP contribution in [0.25, 0.3) is 0 Å². The van der Waals surface area contributed by atoms with E-state index in [9.17, 15) is 0 Å². The molecule has 0 amide bonds. The minimum absolute atomic E-state index is 0.420. The van der Waals surface area contributed by atoms with Crippen molar-refractivity contribution in [2.45, 2.75) is 64.5 Å². The Morgan fingerprint density at radius 1 is 1.33 bits per heavy atom. The third-order valence-electron chi connectivity index (χ3n) is 3.62. The summed E-state index contributed by atoms with van der Waals surface area (Å²) in [6.45, 7) is 5.41. The van der Waals surface area contributed by atoms with E-state index in [0.29, 0.717) is 18.1 Å². The third-order valence-corrected chi connectivity index (χ3v) is 3.62. The van der Waals surface area contributed by atoms with Crippen LogP contribution in [0, 0.1) is 5.92 Å². The van der Waals surface area contributed by atoms with Crippen molar-refractivity contribution in [3.8, 4) is 0 Å². The van der Waals surface area contributed by atoms with Crippen molar-refractivity contribution in [2.24, 2.45) is 11.8 Å². The van der Waals surface area contributed by atoms with Crippen LogP contribution in [0.4, 0.5) is 0 Å². The van der Waals surface area contributed by atoms with Crippen LogP contribution in [0.2, 0.25) is 0 Å². The number of nitrogens with one attached hydrogen (secondary N) is 1. The second kappa shape index (κ2) is 7.20. The highest BCUT2D eigenvalue weighted by molar-refractivity contribution is 4.78. The molecule has 0 radical (unpaired) electrons. The normalized spacial score (nSPS) is 24.4. The second-order valence-corrected chi connectivity index (χ2v) is 4.57. The Hall–Kier alpha value is -0.120. The van der Waals surface area contributed by atoms with Crippen molar-refractivity contribution in [1.82, 2.24) is 5.43 Å². The molecule has 1 rings (SSSR count). The molecule has 0 bridgehead atoms. The van der Waals surface area contributed by atoms with Gasteiger partial charge in [-0.2, -0.15) is 0 Å². The van der Waals surface area contributed by atoms with Crippen LogP contribution in [0.15, 0.2) is 0 Å². The smallest absolute Gasteiger partial charge is 0.0590 e. The molecule has 1 aliphatic heterocycles. The lowest BCUT2D eigenvalue weighted by Gasteiger charge is -2.30. The fraction of sp³-hybridized carbons (Fsp3) is 1.00. The van der Waals surface area contributed by atoms with Crippen molar-refractivity contribution in [3.63, 3.8) is 0 Å². The zero-order valence-electron chi connectivity index (χ0n) is 10.2. The van der Waals surface area contributed by atoms with E-state index in [2.05, 4.69) is 19.3 Å². The SMILES string of the molecule is CCC(CC)C(CC1CCCCO1)NN. The van der Waals surface area contributed by atoms with Crippen LogP contribution < -0.4 is 11.3 Å². The highest BCUT2D eigenvalue weighted by Gasteiger charge is 2.23. The maximum atomic E-state index is 5.75. The molecule has 15 heavy (non-hydrogen) atoms. The van der Waals surface area contributed by atoms with Gasteiger partial charge in [-0.25, -0.2) is 0 Å². The lowest BCUT2D eigenvalue weighted by atomic mass is 9.89. The lowest BCUT2D eigenvalue weighted by molar-refractivity contribution is 0.000730. The molecular weight excluding hydrogens is 188 g/mol. The molecule has 1 fully saturated rings. The van der Waals surface area contributed by atoms with Crippen molar-refractivity contribution in [1.29, 1.82) is 0 Å². The molecule has 3 nitrogen and oxygen atoms in total. The van der Waals surface area contributed by atoms with E-state index in [1.54, 1.807) is 0 Å². The largest absolute Gasteiger partial charge is 0.378 e. The average Bonchev–Trinajstić information content (AvgIpc) is 2.30. The van der Waals surface area contributed by atoms with E-state index in [0.717, 1.165) is 13.0 Å². The standard InChI is InChI=1S/C12H26N2O/c1-3-10(4-2)12(14-13)9-11-7-5-6-8-15-11/h10-12,14H,3-9,13H2,1-2H3. The molecule has 3 N–H and O–H groups in total. The number of hydrazine groups is 1. The summed E-state index contributed by atoms with van der Waals surface area (Å²) in [5, 5.41) is 0. The Balaban J connectivity index is 2.36. The lowest BCUT2D eigenvalue weighted by Crippen LogP contribution is -2.43. The summed E-state index contributed by atoms with van der Waals surface area (Å²) in [5.41, 5.74) is 2.97. The Morgan fingerprint density at radius 3 is 2.53 bits per heavy atom. The van der Waals surface area contributed by atoms with Gasteiger partial charge >= 0.3 is 0 Å². The van der Waals surface area contributed by atoms with E-state index in [1.807, 2.05) is 0 Å². The van der Waals surface area contributed by atoms with Gasteiger partial charge in [0.05, 0.1) is 6.10 Å². The molecule has 0 aromatic carbocycles. The van der Waals surface area contributed by atoms with Gasteiger partial charge in [-0.3, -0.25) is 11.3 Å². The summed E-state index contributed by atoms with van der Waals surface area (Å²) in [4.78, 5) is 0. The Kier molecular flexibility index (Phi) is 6.22. The average molecular weight is 214 g/mol. The summed E-state index contributed by atoms with van der Waals surface area (Å²) in [7, 11) is 0. The first-order chi connectivity index (χ1) is 7.31. The zero-order valence-corrected chi connectivity index (χ0v) is 10.2. The molecule has 2 unspecified atom stereocenters. The van der Waals surface area contributed by atoms with Gasteiger partial charge in [0, 0.05) is 12.6 Å². The molecule has 0 aromatic rings. The molecular formula is C12H26N2O. The fourth-order valence-electron chi connectivity index (χ4n) is 2.53. The van der Waals surface area contributed by atoms with Gasteiger partial charge in [0.1, 0.15) is 0 Å². The number of rotatable bonds is 6. The van der Waals surface area contributed by atoms with Crippen LogP contribution >= 0.6 is 0 Å². The van der Waals surface area contributed by atoms with Crippen molar-refractivity contribution >= 4 is 0 Å². The maximum absolute atomic E-state index is 5.75. The number of ether oxygens (including phenoxy) is 1. The molecule has 1 heterocycles. The van der Waals surface area contributed by atoms with Crippen LogP contribution in [0.3, 0.4) is 0 Å².